The minimum Gasteiger partial charge on any atom is -0.493 e. The molecule has 170 valence electrons. The molecule has 0 aliphatic carbocycles. The van der Waals surface area contributed by atoms with Gasteiger partial charge in [0.2, 0.25) is 5.75 Å². The minimum absolute atomic E-state index is 0.0446. The lowest BCUT2D eigenvalue weighted by Crippen LogP contribution is -2.16. The van der Waals surface area contributed by atoms with Gasteiger partial charge < -0.3 is 9.47 Å². The molecule has 1 aromatic heterocycles. The van der Waals surface area contributed by atoms with Crippen molar-refractivity contribution in [1.82, 2.24) is 9.97 Å². The largest absolute Gasteiger partial charge is 0.493 e. The first-order chi connectivity index (χ1) is 14.9. The van der Waals surface area contributed by atoms with Gasteiger partial charge in [-0.15, -0.1) is 0 Å². The number of benzene rings is 2. The highest BCUT2D eigenvalue weighted by Crippen LogP contribution is 2.39. The SMILES string of the molecule is COc1cc(F)ccc1Oc1c(Cl)nc(C)nc1NS(=O)(=O)c1ccc(C(C)(C)C)cc1. The van der Waals surface area contributed by atoms with E-state index in [2.05, 4.69) is 14.7 Å². The molecule has 3 rings (SSSR count). The van der Waals surface area contributed by atoms with E-state index < -0.39 is 15.8 Å². The van der Waals surface area contributed by atoms with Crippen LogP contribution in [0.15, 0.2) is 47.4 Å². The Hall–Kier alpha value is -2.91. The van der Waals surface area contributed by atoms with Crippen LogP contribution in [-0.4, -0.2) is 25.5 Å². The van der Waals surface area contributed by atoms with Gasteiger partial charge in [-0.05, 0) is 42.2 Å². The molecular weight excluding hydrogens is 457 g/mol. The maximum Gasteiger partial charge on any atom is 0.263 e. The highest BCUT2D eigenvalue weighted by molar-refractivity contribution is 7.92. The monoisotopic (exact) mass is 479 g/mol. The van der Waals surface area contributed by atoms with Gasteiger partial charge in [-0.3, -0.25) is 4.72 Å². The van der Waals surface area contributed by atoms with Crippen LogP contribution in [0.4, 0.5) is 10.2 Å². The summed E-state index contributed by atoms with van der Waals surface area (Å²) in [6, 6.07) is 10.2. The summed E-state index contributed by atoms with van der Waals surface area (Å²) in [6.45, 7) is 7.67. The van der Waals surface area contributed by atoms with E-state index in [1.54, 1.807) is 19.1 Å². The lowest BCUT2D eigenvalue weighted by Gasteiger charge is -2.19. The summed E-state index contributed by atoms with van der Waals surface area (Å²) in [5.74, 6) is -0.397. The van der Waals surface area contributed by atoms with E-state index in [0.29, 0.717) is 0 Å². The summed E-state index contributed by atoms with van der Waals surface area (Å²) in [4.78, 5) is 8.21. The first-order valence-electron chi connectivity index (χ1n) is 9.59. The molecule has 10 heteroatoms. The molecule has 0 spiro atoms. The van der Waals surface area contributed by atoms with Gasteiger partial charge in [-0.1, -0.05) is 44.5 Å². The molecule has 0 aliphatic rings. The molecule has 0 saturated heterocycles. The number of aromatic nitrogens is 2. The number of hydrogen-bond donors (Lipinski definition) is 1. The van der Waals surface area contributed by atoms with Gasteiger partial charge in [0.15, 0.2) is 22.5 Å². The van der Waals surface area contributed by atoms with Crippen molar-refractivity contribution in [3.8, 4) is 17.2 Å². The third-order valence-electron chi connectivity index (χ3n) is 4.54. The normalized spacial score (nSPS) is 11.8. The average molecular weight is 480 g/mol. The minimum atomic E-state index is -4.02. The maximum absolute atomic E-state index is 13.5. The molecule has 1 N–H and O–H groups in total. The third kappa shape index (κ3) is 5.28. The van der Waals surface area contributed by atoms with E-state index in [1.807, 2.05) is 20.8 Å². The van der Waals surface area contributed by atoms with Gasteiger partial charge >= 0.3 is 0 Å². The topological polar surface area (TPSA) is 90.4 Å². The van der Waals surface area contributed by atoms with Gasteiger partial charge in [-0.25, -0.2) is 22.8 Å². The molecule has 0 atom stereocenters. The molecule has 2 aromatic carbocycles. The molecule has 7 nitrogen and oxygen atoms in total. The number of rotatable bonds is 6. The van der Waals surface area contributed by atoms with E-state index in [1.165, 1.54) is 31.4 Å². The second kappa shape index (κ2) is 8.91. The molecule has 3 aromatic rings. The molecule has 0 bridgehead atoms. The van der Waals surface area contributed by atoms with Crippen LogP contribution in [-0.2, 0) is 15.4 Å². The molecular formula is C22H23ClFN3O4S. The molecule has 0 unspecified atom stereocenters. The van der Waals surface area contributed by atoms with Crippen molar-refractivity contribution in [2.24, 2.45) is 0 Å². The Kier molecular flexibility index (Phi) is 6.61. The highest BCUT2D eigenvalue weighted by atomic mass is 35.5. The van der Waals surface area contributed by atoms with E-state index >= 15 is 0 Å². The zero-order valence-electron chi connectivity index (χ0n) is 18.2. The molecule has 0 saturated carbocycles. The molecule has 0 aliphatic heterocycles. The number of halogens is 2. The molecule has 0 fully saturated rings. The van der Waals surface area contributed by atoms with Crippen LogP contribution in [0.1, 0.15) is 32.2 Å². The Morgan fingerprint density at radius 2 is 1.69 bits per heavy atom. The van der Waals surface area contributed by atoms with Crippen molar-refractivity contribution in [1.29, 1.82) is 0 Å². The summed E-state index contributed by atoms with van der Waals surface area (Å²) in [5, 5.41) is -0.121. The second-order valence-electron chi connectivity index (χ2n) is 8.02. The van der Waals surface area contributed by atoms with Crippen molar-refractivity contribution in [2.45, 2.75) is 38.0 Å². The van der Waals surface area contributed by atoms with Gasteiger partial charge in [0.25, 0.3) is 10.0 Å². The Morgan fingerprint density at radius 1 is 1.03 bits per heavy atom. The van der Waals surface area contributed by atoms with Crippen molar-refractivity contribution in [3.05, 3.63) is 64.8 Å². The number of nitrogens with zero attached hydrogens (tertiary/aromatic N) is 2. The number of aryl methyl sites for hydroxylation is 1. The van der Waals surface area contributed by atoms with Crippen molar-refractivity contribution < 1.29 is 22.3 Å². The molecule has 1 heterocycles. The van der Waals surface area contributed by atoms with Crippen LogP contribution < -0.4 is 14.2 Å². The van der Waals surface area contributed by atoms with Crippen molar-refractivity contribution >= 4 is 27.4 Å². The van der Waals surface area contributed by atoms with E-state index in [0.717, 1.165) is 11.6 Å². The van der Waals surface area contributed by atoms with E-state index in [4.69, 9.17) is 21.1 Å². The number of methoxy groups -OCH3 is 1. The summed E-state index contributed by atoms with van der Waals surface area (Å²) >= 11 is 6.23. The van der Waals surface area contributed by atoms with Crippen LogP contribution >= 0.6 is 11.6 Å². The zero-order chi connectivity index (χ0) is 23.7. The van der Waals surface area contributed by atoms with Crippen molar-refractivity contribution in [3.63, 3.8) is 0 Å². The molecule has 0 amide bonds. The standard InChI is InChI=1S/C22H23ClFN3O4S/c1-13-25-20(23)19(31-17-11-8-15(24)12-18(17)30-5)21(26-13)27-32(28,29)16-9-6-14(7-10-16)22(2,3)4/h6-12H,1-5H3,(H,25,26,27). The fraction of sp³-hybridized carbons (Fsp3) is 0.273. The van der Waals surface area contributed by atoms with Gasteiger partial charge in [0.1, 0.15) is 11.6 Å². The Bertz CT molecular complexity index is 1240. The predicted molar refractivity (Wildman–Crippen MR) is 121 cm³/mol. The highest BCUT2D eigenvalue weighted by Gasteiger charge is 2.23. The number of hydrogen-bond acceptors (Lipinski definition) is 6. The summed E-state index contributed by atoms with van der Waals surface area (Å²) in [6.07, 6.45) is 0. The fourth-order valence-corrected chi connectivity index (χ4v) is 4.10. The summed E-state index contributed by atoms with van der Waals surface area (Å²) in [7, 11) is -2.67. The van der Waals surface area contributed by atoms with Crippen LogP contribution in [0.5, 0.6) is 17.2 Å². The van der Waals surface area contributed by atoms with Crippen molar-refractivity contribution in [2.75, 3.05) is 11.8 Å². The fourth-order valence-electron chi connectivity index (χ4n) is 2.84. The number of anilines is 1. The molecule has 0 radical (unpaired) electrons. The Morgan fingerprint density at radius 3 is 2.28 bits per heavy atom. The van der Waals surface area contributed by atoms with Gasteiger partial charge in [-0.2, -0.15) is 0 Å². The van der Waals surface area contributed by atoms with Gasteiger partial charge in [0, 0.05) is 6.07 Å². The maximum atomic E-state index is 13.5. The second-order valence-corrected chi connectivity index (χ2v) is 10.1. The third-order valence-corrected chi connectivity index (χ3v) is 6.15. The number of ether oxygens (including phenoxy) is 2. The lowest BCUT2D eigenvalue weighted by molar-refractivity contribution is 0.375. The van der Waals surface area contributed by atoms with E-state index in [9.17, 15) is 12.8 Å². The first-order valence-corrected chi connectivity index (χ1v) is 11.5. The van der Waals surface area contributed by atoms with Crippen LogP contribution in [0, 0.1) is 12.7 Å². The lowest BCUT2D eigenvalue weighted by atomic mass is 9.87. The Labute approximate surface area is 191 Å². The van der Waals surface area contributed by atoms with Crippen LogP contribution in [0.3, 0.4) is 0 Å². The quantitative estimate of drug-likeness (QED) is 0.471. The zero-order valence-corrected chi connectivity index (χ0v) is 19.8. The smallest absolute Gasteiger partial charge is 0.263 e. The first kappa shape index (κ1) is 23.7. The van der Waals surface area contributed by atoms with E-state index in [-0.39, 0.29) is 44.4 Å². The van der Waals surface area contributed by atoms with Crippen LogP contribution in [0.2, 0.25) is 5.15 Å². The van der Waals surface area contributed by atoms with Crippen LogP contribution in [0.25, 0.3) is 0 Å². The summed E-state index contributed by atoms with van der Waals surface area (Å²) in [5.41, 5.74) is 0.868. The summed E-state index contributed by atoms with van der Waals surface area (Å²) < 4.78 is 52.8. The average Bonchev–Trinajstić information content (AvgIpc) is 2.70. The molecule has 32 heavy (non-hydrogen) atoms. The number of nitrogens with one attached hydrogen (secondary N) is 1. The van der Waals surface area contributed by atoms with Gasteiger partial charge in [0.05, 0.1) is 12.0 Å². The Balaban J connectivity index is 1.99. The predicted octanol–water partition coefficient (Wildman–Crippen LogP) is 5.48. The number of sulfonamides is 1.